The molecule has 0 unspecified atom stereocenters. The molecular weight excluding hydrogens is 252 g/mol. The molecule has 1 amide bonds. The first-order valence-electron chi connectivity index (χ1n) is 7.24. The van der Waals surface area contributed by atoms with Crippen molar-refractivity contribution in [2.24, 2.45) is 5.92 Å². The third kappa shape index (κ3) is 1.75. The molecule has 4 rings (SSSR count). The average molecular weight is 270 g/mol. The lowest BCUT2D eigenvalue weighted by molar-refractivity contribution is 0.0707. The molecule has 2 aliphatic rings. The Kier molecular flexibility index (Phi) is 2.60. The number of benzene rings is 1. The van der Waals surface area contributed by atoms with Crippen molar-refractivity contribution < 1.29 is 9.21 Å². The molecule has 2 aromatic rings. The number of amides is 1. The summed E-state index contributed by atoms with van der Waals surface area (Å²) in [6.07, 6.45) is 1.10. The molecule has 104 valence electrons. The molecule has 20 heavy (non-hydrogen) atoms. The van der Waals surface area contributed by atoms with Gasteiger partial charge < -0.3 is 14.6 Å². The van der Waals surface area contributed by atoms with Gasteiger partial charge in [-0.25, -0.2) is 0 Å². The number of nitrogens with one attached hydrogen (secondary N) is 1. The Labute approximate surface area is 117 Å². The van der Waals surface area contributed by atoms with E-state index in [1.165, 1.54) is 5.56 Å². The Morgan fingerprint density at radius 2 is 2.25 bits per heavy atom. The Morgan fingerprint density at radius 3 is 3.15 bits per heavy atom. The summed E-state index contributed by atoms with van der Waals surface area (Å²) >= 11 is 0. The van der Waals surface area contributed by atoms with Crippen molar-refractivity contribution in [1.82, 2.24) is 10.2 Å². The predicted molar refractivity (Wildman–Crippen MR) is 76.8 cm³/mol. The van der Waals surface area contributed by atoms with Crippen LogP contribution in [0, 0.1) is 12.8 Å². The van der Waals surface area contributed by atoms with E-state index in [0.29, 0.717) is 17.7 Å². The van der Waals surface area contributed by atoms with E-state index in [0.717, 1.165) is 37.0 Å². The number of nitrogens with zero attached hydrogens (tertiary/aromatic N) is 1. The third-order valence-electron chi connectivity index (χ3n) is 4.59. The lowest BCUT2D eigenvalue weighted by Crippen LogP contribution is -2.38. The quantitative estimate of drug-likeness (QED) is 0.864. The third-order valence-corrected chi connectivity index (χ3v) is 4.59. The fourth-order valence-corrected chi connectivity index (χ4v) is 3.51. The minimum atomic E-state index is 0.0371. The molecule has 0 bridgehead atoms. The maximum absolute atomic E-state index is 12.6. The second-order valence-corrected chi connectivity index (χ2v) is 5.92. The number of rotatable bonds is 1. The highest BCUT2D eigenvalue weighted by Crippen LogP contribution is 2.30. The highest BCUT2D eigenvalue weighted by Gasteiger charge is 2.40. The van der Waals surface area contributed by atoms with Crippen molar-refractivity contribution in [2.45, 2.75) is 19.4 Å². The van der Waals surface area contributed by atoms with Crippen molar-refractivity contribution >= 4 is 16.9 Å². The van der Waals surface area contributed by atoms with Crippen LogP contribution in [0.5, 0.6) is 0 Å². The summed E-state index contributed by atoms with van der Waals surface area (Å²) < 4.78 is 5.73. The molecule has 2 atom stereocenters. The van der Waals surface area contributed by atoms with E-state index in [-0.39, 0.29) is 5.91 Å². The summed E-state index contributed by atoms with van der Waals surface area (Å²) in [5, 5.41) is 4.38. The van der Waals surface area contributed by atoms with Crippen LogP contribution < -0.4 is 5.32 Å². The SMILES string of the molecule is Cc1ccc2oc(C(=O)N3CC[C@H]4CNC[C@H]43)cc2c1. The van der Waals surface area contributed by atoms with Crippen LogP contribution in [0.2, 0.25) is 0 Å². The largest absolute Gasteiger partial charge is 0.451 e. The fraction of sp³-hybridized carbons (Fsp3) is 0.438. The Morgan fingerprint density at radius 1 is 1.35 bits per heavy atom. The molecule has 4 nitrogen and oxygen atoms in total. The molecule has 1 aromatic heterocycles. The second-order valence-electron chi connectivity index (χ2n) is 5.92. The van der Waals surface area contributed by atoms with Gasteiger partial charge >= 0.3 is 0 Å². The molecule has 0 aliphatic carbocycles. The summed E-state index contributed by atoms with van der Waals surface area (Å²) in [4.78, 5) is 14.6. The van der Waals surface area contributed by atoms with Crippen LogP contribution in [0.1, 0.15) is 22.5 Å². The Balaban J connectivity index is 1.66. The summed E-state index contributed by atoms with van der Waals surface area (Å²) in [7, 11) is 0. The van der Waals surface area contributed by atoms with Crippen LogP contribution in [0.15, 0.2) is 28.7 Å². The number of carbonyl (C=O) groups is 1. The van der Waals surface area contributed by atoms with E-state index in [1.54, 1.807) is 0 Å². The Hall–Kier alpha value is -1.81. The van der Waals surface area contributed by atoms with Gasteiger partial charge in [-0.05, 0) is 37.5 Å². The summed E-state index contributed by atoms with van der Waals surface area (Å²) in [6, 6.07) is 8.22. The summed E-state index contributed by atoms with van der Waals surface area (Å²) in [6.45, 7) is 4.85. The van der Waals surface area contributed by atoms with Crippen LogP contribution in [0.25, 0.3) is 11.0 Å². The van der Waals surface area contributed by atoms with E-state index >= 15 is 0 Å². The molecular formula is C16H18N2O2. The van der Waals surface area contributed by atoms with Crippen LogP contribution in [-0.4, -0.2) is 36.5 Å². The maximum Gasteiger partial charge on any atom is 0.289 e. The van der Waals surface area contributed by atoms with E-state index in [4.69, 9.17) is 4.42 Å². The standard InChI is InChI=1S/C16H18N2O2/c1-10-2-3-14-12(6-10)7-15(20-14)16(19)18-5-4-11-8-17-9-13(11)18/h2-3,6-7,11,13,17H,4-5,8-9H2,1H3/t11-,13+/m0/s1. The van der Waals surface area contributed by atoms with Crippen molar-refractivity contribution in [3.8, 4) is 0 Å². The van der Waals surface area contributed by atoms with Gasteiger partial charge in [0.05, 0.1) is 0 Å². The molecule has 1 aromatic carbocycles. The number of carbonyl (C=O) groups excluding carboxylic acids is 1. The number of furan rings is 1. The first-order valence-corrected chi connectivity index (χ1v) is 7.24. The zero-order valence-electron chi connectivity index (χ0n) is 11.6. The highest BCUT2D eigenvalue weighted by atomic mass is 16.3. The number of likely N-dealkylation sites (tertiary alicyclic amines) is 1. The number of fused-ring (bicyclic) bond motifs is 2. The van der Waals surface area contributed by atoms with E-state index < -0.39 is 0 Å². The fourth-order valence-electron chi connectivity index (χ4n) is 3.51. The second kappa shape index (κ2) is 4.35. The zero-order valence-corrected chi connectivity index (χ0v) is 11.6. The smallest absolute Gasteiger partial charge is 0.289 e. The van der Waals surface area contributed by atoms with E-state index in [9.17, 15) is 4.79 Å². The molecule has 3 heterocycles. The molecule has 0 spiro atoms. The van der Waals surface area contributed by atoms with Crippen molar-refractivity contribution in [3.05, 3.63) is 35.6 Å². The van der Waals surface area contributed by atoms with Crippen molar-refractivity contribution in [1.29, 1.82) is 0 Å². The van der Waals surface area contributed by atoms with Gasteiger partial charge in [0, 0.05) is 31.1 Å². The minimum Gasteiger partial charge on any atom is -0.451 e. The highest BCUT2D eigenvalue weighted by molar-refractivity contribution is 5.96. The zero-order chi connectivity index (χ0) is 13.7. The molecule has 0 radical (unpaired) electrons. The molecule has 2 fully saturated rings. The van der Waals surface area contributed by atoms with E-state index in [1.807, 2.05) is 30.0 Å². The number of hydrogen-bond acceptors (Lipinski definition) is 3. The van der Waals surface area contributed by atoms with Gasteiger partial charge in [0.1, 0.15) is 5.58 Å². The van der Waals surface area contributed by atoms with Crippen molar-refractivity contribution in [2.75, 3.05) is 19.6 Å². The van der Waals surface area contributed by atoms with Crippen LogP contribution in [0.3, 0.4) is 0 Å². The first-order chi connectivity index (χ1) is 9.72. The molecule has 1 N–H and O–H groups in total. The first kappa shape index (κ1) is 12.0. The maximum atomic E-state index is 12.6. The molecule has 2 aliphatic heterocycles. The lowest BCUT2D eigenvalue weighted by atomic mass is 10.1. The summed E-state index contributed by atoms with van der Waals surface area (Å²) in [5.74, 6) is 1.12. The van der Waals surface area contributed by atoms with Gasteiger partial charge in [0.25, 0.3) is 5.91 Å². The van der Waals surface area contributed by atoms with Gasteiger partial charge in [0.15, 0.2) is 5.76 Å². The van der Waals surface area contributed by atoms with Gasteiger partial charge in [0.2, 0.25) is 0 Å². The molecule has 2 saturated heterocycles. The minimum absolute atomic E-state index is 0.0371. The van der Waals surface area contributed by atoms with Gasteiger partial charge in [-0.15, -0.1) is 0 Å². The Bertz CT molecular complexity index is 676. The predicted octanol–water partition coefficient (Wildman–Crippen LogP) is 2.18. The van der Waals surface area contributed by atoms with Gasteiger partial charge in [-0.1, -0.05) is 11.6 Å². The molecule has 0 saturated carbocycles. The van der Waals surface area contributed by atoms with Crippen LogP contribution in [0.4, 0.5) is 0 Å². The summed E-state index contributed by atoms with van der Waals surface area (Å²) in [5.41, 5.74) is 1.97. The lowest BCUT2D eigenvalue weighted by Gasteiger charge is -2.22. The van der Waals surface area contributed by atoms with Gasteiger partial charge in [-0.3, -0.25) is 4.79 Å². The topological polar surface area (TPSA) is 45.5 Å². The van der Waals surface area contributed by atoms with Crippen LogP contribution in [-0.2, 0) is 0 Å². The normalized spacial score (nSPS) is 25.4. The molecule has 4 heteroatoms. The van der Waals surface area contributed by atoms with Gasteiger partial charge in [-0.2, -0.15) is 0 Å². The number of hydrogen-bond donors (Lipinski definition) is 1. The van der Waals surface area contributed by atoms with Crippen LogP contribution >= 0.6 is 0 Å². The number of aryl methyl sites for hydroxylation is 1. The van der Waals surface area contributed by atoms with E-state index in [2.05, 4.69) is 11.4 Å². The monoisotopic (exact) mass is 270 g/mol. The average Bonchev–Trinajstić information content (AvgIpc) is 3.11. The van der Waals surface area contributed by atoms with Crippen molar-refractivity contribution in [3.63, 3.8) is 0 Å².